The summed E-state index contributed by atoms with van der Waals surface area (Å²) in [5.41, 5.74) is 2.48. The van der Waals surface area contributed by atoms with E-state index in [0.717, 1.165) is 22.0 Å². The van der Waals surface area contributed by atoms with Crippen molar-refractivity contribution < 1.29 is 5.11 Å². The first-order chi connectivity index (χ1) is 8.74. The first kappa shape index (κ1) is 10.9. The van der Waals surface area contributed by atoms with E-state index in [0.29, 0.717) is 0 Å². The van der Waals surface area contributed by atoms with Crippen molar-refractivity contribution in [1.82, 2.24) is 14.8 Å². The lowest BCUT2D eigenvalue weighted by Gasteiger charge is -2.09. The summed E-state index contributed by atoms with van der Waals surface area (Å²) >= 11 is 0. The Morgan fingerprint density at radius 3 is 2.78 bits per heavy atom. The molecule has 4 nitrogen and oxygen atoms in total. The highest BCUT2D eigenvalue weighted by Gasteiger charge is 2.13. The van der Waals surface area contributed by atoms with Crippen LogP contribution in [0.5, 0.6) is 0 Å². The number of aromatic nitrogens is 3. The van der Waals surface area contributed by atoms with Gasteiger partial charge in [0.25, 0.3) is 0 Å². The highest BCUT2D eigenvalue weighted by atomic mass is 16.3. The number of hydrogen-bond acceptors (Lipinski definition) is 3. The molecule has 90 valence electrons. The lowest BCUT2D eigenvalue weighted by atomic mass is 10.0. The molecule has 1 aromatic carbocycles. The second kappa shape index (κ2) is 4.23. The van der Waals surface area contributed by atoms with Crippen LogP contribution in [0.4, 0.5) is 0 Å². The number of nitrogens with zero attached hydrogens (tertiary/aromatic N) is 3. The summed E-state index contributed by atoms with van der Waals surface area (Å²) in [6.45, 7) is 0. The van der Waals surface area contributed by atoms with Gasteiger partial charge in [0.05, 0.1) is 11.7 Å². The van der Waals surface area contributed by atoms with Crippen molar-refractivity contribution in [2.24, 2.45) is 7.05 Å². The van der Waals surface area contributed by atoms with E-state index in [2.05, 4.69) is 10.1 Å². The SMILES string of the molecule is Cn1cc(C(O)c2cnc3ccccc3c2)cn1. The van der Waals surface area contributed by atoms with Crippen molar-refractivity contribution in [3.05, 3.63) is 60.0 Å². The Bertz CT molecular complexity index is 690. The van der Waals surface area contributed by atoms with Crippen molar-refractivity contribution in [2.45, 2.75) is 6.10 Å². The van der Waals surface area contributed by atoms with E-state index in [4.69, 9.17) is 0 Å². The fourth-order valence-corrected chi connectivity index (χ4v) is 2.01. The maximum absolute atomic E-state index is 10.3. The van der Waals surface area contributed by atoms with E-state index < -0.39 is 6.10 Å². The number of aliphatic hydroxyl groups excluding tert-OH is 1. The van der Waals surface area contributed by atoms with Gasteiger partial charge in [-0.15, -0.1) is 0 Å². The van der Waals surface area contributed by atoms with Gasteiger partial charge in [-0.25, -0.2) is 0 Å². The van der Waals surface area contributed by atoms with Crippen LogP contribution >= 0.6 is 0 Å². The first-order valence-corrected chi connectivity index (χ1v) is 5.75. The van der Waals surface area contributed by atoms with Crippen LogP contribution in [0.15, 0.2) is 48.9 Å². The van der Waals surface area contributed by atoms with E-state index in [9.17, 15) is 5.11 Å². The summed E-state index contributed by atoms with van der Waals surface area (Å²) in [5, 5.41) is 15.4. The van der Waals surface area contributed by atoms with Crippen molar-refractivity contribution in [2.75, 3.05) is 0 Å². The fourth-order valence-electron chi connectivity index (χ4n) is 2.01. The van der Waals surface area contributed by atoms with Crippen LogP contribution in [0.3, 0.4) is 0 Å². The molecule has 1 atom stereocenters. The van der Waals surface area contributed by atoms with Gasteiger partial charge in [0.2, 0.25) is 0 Å². The smallest absolute Gasteiger partial charge is 0.109 e. The van der Waals surface area contributed by atoms with E-state index in [1.54, 1.807) is 23.3 Å². The lowest BCUT2D eigenvalue weighted by Crippen LogP contribution is -1.99. The quantitative estimate of drug-likeness (QED) is 0.744. The van der Waals surface area contributed by atoms with Gasteiger partial charge in [0, 0.05) is 36.0 Å². The largest absolute Gasteiger partial charge is 0.383 e. The average Bonchev–Trinajstić information content (AvgIpc) is 2.84. The topological polar surface area (TPSA) is 50.9 Å². The van der Waals surface area contributed by atoms with Crippen molar-refractivity contribution in [3.63, 3.8) is 0 Å². The molecule has 1 unspecified atom stereocenters. The van der Waals surface area contributed by atoms with Crippen LogP contribution in [0, 0.1) is 0 Å². The van der Waals surface area contributed by atoms with Gasteiger partial charge in [-0.2, -0.15) is 5.10 Å². The Balaban J connectivity index is 2.03. The number of para-hydroxylation sites is 1. The molecule has 0 fully saturated rings. The minimum absolute atomic E-state index is 0.684. The summed E-state index contributed by atoms with van der Waals surface area (Å²) in [4.78, 5) is 4.35. The number of aryl methyl sites for hydroxylation is 1. The third-order valence-corrected chi connectivity index (χ3v) is 2.97. The van der Waals surface area contributed by atoms with Gasteiger partial charge in [0.1, 0.15) is 6.10 Å². The summed E-state index contributed by atoms with van der Waals surface area (Å²) in [5.74, 6) is 0. The molecule has 0 bridgehead atoms. The summed E-state index contributed by atoms with van der Waals surface area (Å²) in [6, 6.07) is 9.81. The van der Waals surface area contributed by atoms with Crippen molar-refractivity contribution >= 4 is 10.9 Å². The highest BCUT2D eigenvalue weighted by Crippen LogP contribution is 2.23. The van der Waals surface area contributed by atoms with Gasteiger partial charge in [-0.1, -0.05) is 18.2 Å². The van der Waals surface area contributed by atoms with Gasteiger partial charge in [-0.05, 0) is 12.1 Å². The van der Waals surface area contributed by atoms with Crippen molar-refractivity contribution in [1.29, 1.82) is 0 Å². The van der Waals surface area contributed by atoms with E-state index in [-0.39, 0.29) is 0 Å². The van der Waals surface area contributed by atoms with Crippen LogP contribution in [0.1, 0.15) is 17.2 Å². The minimum atomic E-state index is -0.684. The van der Waals surface area contributed by atoms with Crippen LogP contribution < -0.4 is 0 Å². The number of hydrogen-bond donors (Lipinski definition) is 1. The third kappa shape index (κ3) is 1.87. The Morgan fingerprint density at radius 1 is 1.17 bits per heavy atom. The second-order valence-electron chi connectivity index (χ2n) is 4.31. The second-order valence-corrected chi connectivity index (χ2v) is 4.31. The molecule has 3 rings (SSSR count). The zero-order valence-corrected chi connectivity index (χ0v) is 9.99. The zero-order chi connectivity index (χ0) is 12.5. The maximum atomic E-state index is 10.3. The molecule has 1 N–H and O–H groups in total. The molecule has 0 spiro atoms. The third-order valence-electron chi connectivity index (χ3n) is 2.97. The highest BCUT2D eigenvalue weighted by molar-refractivity contribution is 5.78. The predicted octanol–water partition coefficient (Wildman–Crippen LogP) is 2.05. The Hall–Kier alpha value is -2.20. The van der Waals surface area contributed by atoms with Crippen LogP contribution in [0.2, 0.25) is 0 Å². The van der Waals surface area contributed by atoms with Crippen LogP contribution in [-0.4, -0.2) is 19.9 Å². The first-order valence-electron chi connectivity index (χ1n) is 5.75. The lowest BCUT2D eigenvalue weighted by molar-refractivity contribution is 0.220. The molecule has 0 radical (unpaired) electrons. The molecule has 2 aromatic heterocycles. The van der Waals surface area contributed by atoms with Crippen LogP contribution in [-0.2, 0) is 7.05 Å². The van der Waals surface area contributed by atoms with Gasteiger partial charge in [0.15, 0.2) is 0 Å². The molecule has 3 aromatic rings. The Labute approximate surface area is 105 Å². The fraction of sp³-hybridized carbons (Fsp3) is 0.143. The Morgan fingerprint density at radius 2 is 2.00 bits per heavy atom. The molecule has 0 amide bonds. The number of benzene rings is 1. The molecule has 2 heterocycles. The average molecular weight is 239 g/mol. The van der Waals surface area contributed by atoms with E-state index >= 15 is 0 Å². The molecular formula is C14H13N3O. The Kier molecular flexibility index (Phi) is 2.57. The molecule has 18 heavy (non-hydrogen) atoms. The zero-order valence-electron chi connectivity index (χ0n) is 9.99. The van der Waals surface area contributed by atoms with Gasteiger partial charge < -0.3 is 5.11 Å². The molecule has 0 saturated heterocycles. The molecule has 4 heteroatoms. The molecular weight excluding hydrogens is 226 g/mol. The monoisotopic (exact) mass is 239 g/mol. The van der Waals surface area contributed by atoms with Gasteiger partial charge in [-0.3, -0.25) is 9.67 Å². The summed E-state index contributed by atoms with van der Waals surface area (Å²) < 4.78 is 1.67. The van der Waals surface area contributed by atoms with Gasteiger partial charge >= 0.3 is 0 Å². The summed E-state index contributed by atoms with van der Waals surface area (Å²) in [7, 11) is 1.83. The normalized spacial score (nSPS) is 12.8. The number of pyridine rings is 1. The molecule has 0 aliphatic carbocycles. The van der Waals surface area contributed by atoms with Crippen molar-refractivity contribution in [3.8, 4) is 0 Å². The summed E-state index contributed by atoms with van der Waals surface area (Å²) in [6.07, 6.45) is 4.50. The van der Waals surface area contributed by atoms with E-state index in [1.165, 1.54) is 0 Å². The number of fused-ring (bicyclic) bond motifs is 1. The van der Waals surface area contributed by atoms with Crippen LogP contribution in [0.25, 0.3) is 10.9 Å². The number of rotatable bonds is 2. The molecule has 0 aliphatic heterocycles. The standard InChI is InChI=1S/C14H13N3O/c1-17-9-12(8-16-17)14(18)11-6-10-4-2-3-5-13(10)15-7-11/h2-9,14,18H,1H3. The minimum Gasteiger partial charge on any atom is -0.383 e. The van der Waals surface area contributed by atoms with E-state index in [1.807, 2.05) is 37.4 Å². The molecule has 0 saturated carbocycles. The molecule has 0 aliphatic rings. The number of aliphatic hydroxyl groups is 1. The maximum Gasteiger partial charge on any atom is 0.109 e. The predicted molar refractivity (Wildman–Crippen MR) is 69.0 cm³/mol.